The standard InChI is InChI=1S/C14H21NO2/c1-4-10(2)15-9-12-5-6-13-14(11(12)3)17-8-7-16-13/h5-6,10,15H,4,7-9H2,1-3H3. The molecule has 0 aromatic heterocycles. The SMILES string of the molecule is CCC(C)NCc1ccc2c(c1C)OCCO2. The molecule has 0 bridgehead atoms. The number of fused-ring (bicyclic) bond motifs is 1. The first-order valence-corrected chi connectivity index (χ1v) is 6.33. The van der Waals surface area contributed by atoms with E-state index in [1.165, 1.54) is 11.1 Å². The summed E-state index contributed by atoms with van der Waals surface area (Å²) in [5, 5.41) is 3.50. The quantitative estimate of drug-likeness (QED) is 0.870. The van der Waals surface area contributed by atoms with Crippen LogP contribution in [0.2, 0.25) is 0 Å². The molecule has 1 N–H and O–H groups in total. The van der Waals surface area contributed by atoms with Gasteiger partial charge in [-0.1, -0.05) is 13.0 Å². The fraction of sp³-hybridized carbons (Fsp3) is 0.571. The van der Waals surface area contributed by atoms with Crippen molar-refractivity contribution in [3.05, 3.63) is 23.3 Å². The molecule has 1 unspecified atom stereocenters. The normalized spacial score (nSPS) is 15.7. The van der Waals surface area contributed by atoms with Gasteiger partial charge in [0, 0.05) is 12.6 Å². The van der Waals surface area contributed by atoms with Gasteiger partial charge >= 0.3 is 0 Å². The van der Waals surface area contributed by atoms with Crippen molar-refractivity contribution < 1.29 is 9.47 Å². The Balaban J connectivity index is 2.13. The van der Waals surface area contributed by atoms with E-state index in [4.69, 9.17) is 9.47 Å². The fourth-order valence-corrected chi connectivity index (χ4v) is 1.92. The van der Waals surface area contributed by atoms with Crippen molar-refractivity contribution in [2.24, 2.45) is 0 Å². The van der Waals surface area contributed by atoms with Crippen LogP contribution in [0.1, 0.15) is 31.4 Å². The van der Waals surface area contributed by atoms with Crippen molar-refractivity contribution in [1.82, 2.24) is 5.32 Å². The number of hydrogen-bond donors (Lipinski definition) is 1. The first-order valence-electron chi connectivity index (χ1n) is 6.33. The van der Waals surface area contributed by atoms with Gasteiger partial charge in [-0.05, 0) is 37.5 Å². The molecule has 2 rings (SSSR count). The molecular weight excluding hydrogens is 214 g/mol. The Labute approximate surface area is 103 Å². The molecule has 1 aromatic carbocycles. The maximum atomic E-state index is 5.68. The lowest BCUT2D eigenvalue weighted by Gasteiger charge is -2.22. The Morgan fingerprint density at radius 2 is 2.06 bits per heavy atom. The van der Waals surface area contributed by atoms with Crippen LogP contribution in [-0.2, 0) is 6.54 Å². The molecule has 0 radical (unpaired) electrons. The molecule has 3 heteroatoms. The second-order valence-corrected chi connectivity index (χ2v) is 4.56. The van der Waals surface area contributed by atoms with Crippen molar-refractivity contribution in [2.75, 3.05) is 13.2 Å². The molecule has 0 amide bonds. The zero-order valence-electron chi connectivity index (χ0n) is 10.9. The highest BCUT2D eigenvalue weighted by Gasteiger charge is 2.16. The van der Waals surface area contributed by atoms with E-state index < -0.39 is 0 Å². The Bertz CT molecular complexity index is 390. The lowest BCUT2D eigenvalue weighted by molar-refractivity contribution is 0.170. The van der Waals surface area contributed by atoms with Crippen LogP contribution < -0.4 is 14.8 Å². The van der Waals surface area contributed by atoms with Gasteiger partial charge in [0.2, 0.25) is 0 Å². The Morgan fingerprint density at radius 3 is 2.82 bits per heavy atom. The topological polar surface area (TPSA) is 30.5 Å². The van der Waals surface area contributed by atoms with Crippen molar-refractivity contribution >= 4 is 0 Å². The first-order chi connectivity index (χ1) is 8.22. The summed E-state index contributed by atoms with van der Waals surface area (Å²) < 4.78 is 11.2. The van der Waals surface area contributed by atoms with Crippen LogP contribution in [-0.4, -0.2) is 19.3 Å². The van der Waals surface area contributed by atoms with Crippen molar-refractivity contribution in [1.29, 1.82) is 0 Å². The van der Waals surface area contributed by atoms with Crippen LogP contribution in [0.3, 0.4) is 0 Å². The average molecular weight is 235 g/mol. The molecule has 0 spiro atoms. The minimum atomic E-state index is 0.544. The maximum Gasteiger partial charge on any atom is 0.164 e. The number of ether oxygens (including phenoxy) is 2. The van der Waals surface area contributed by atoms with Gasteiger partial charge in [0.05, 0.1) is 0 Å². The third kappa shape index (κ3) is 2.72. The summed E-state index contributed by atoms with van der Waals surface area (Å²) in [4.78, 5) is 0. The number of rotatable bonds is 4. The summed E-state index contributed by atoms with van der Waals surface area (Å²) in [6.07, 6.45) is 1.14. The van der Waals surface area contributed by atoms with Gasteiger partial charge in [-0.25, -0.2) is 0 Å². The van der Waals surface area contributed by atoms with Crippen molar-refractivity contribution in [2.45, 2.75) is 39.8 Å². The maximum absolute atomic E-state index is 5.68. The molecular formula is C14H21NO2. The molecule has 0 fully saturated rings. The van der Waals surface area contributed by atoms with Crippen molar-refractivity contribution in [3.8, 4) is 11.5 Å². The summed E-state index contributed by atoms with van der Waals surface area (Å²) in [6.45, 7) is 8.67. The molecule has 1 heterocycles. The number of nitrogens with one attached hydrogen (secondary N) is 1. The molecule has 1 atom stereocenters. The second kappa shape index (κ2) is 5.41. The van der Waals surface area contributed by atoms with Crippen LogP contribution in [0.4, 0.5) is 0 Å². The van der Waals surface area contributed by atoms with Gasteiger partial charge in [-0.2, -0.15) is 0 Å². The predicted octanol–water partition coefficient (Wildman–Crippen LogP) is 2.65. The third-order valence-corrected chi connectivity index (χ3v) is 3.32. The van der Waals surface area contributed by atoms with Gasteiger partial charge in [-0.15, -0.1) is 0 Å². The molecule has 17 heavy (non-hydrogen) atoms. The summed E-state index contributed by atoms with van der Waals surface area (Å²) in [6, 6.07) is 4.68. The van der Waals surface area contributed by atoms with E-state index in [2.05, 4.69) is 32.2 Å². The molecule has 3 nitrogen and oxygen atoms in total. The van der Waals surface area contributed by atoms with Crippen LogP contribution in [0.15, 0.2) is 12.1 Å². The highest BCUT2D eigenvalue weighted by molar-refractivity contribution is 5.50. The minimum absolute atomic E-state index is 0.544. The minimum Gasteiger partial charge on any atom is -0.486 e. The van der Waals surface area contributed by atoms with Crippen LogP contribution >= 0.6 is 0 Å². The Morgan fingerprint density at radius 1 is 1.29 bits per heavy atom. The number of hydrogen-bond acceptors (Lipinski definition) is 3. The van der Waals surface area contributed by atoms with Gasteiger partial charge < -0.3 is 14.8 Å². The largest absolute Gasteiger partial charge is 0.486 e. The van der Waals surface area contributed by atoms with Gasteiger partial charge in [0.25, 0.3) is 0 Å². The zero-order valence-corrected chi connectivity index (χ0v) is 10.9. The molecule has 94 valence electrons. The molecule has 0 saturated carbocycles. The predicted molar refractivity (Wildman–Crippen MR) is 68.8 cm³/mol. The highest BCUT2D eigenvalue weighted by atomic mass is 16.6. The molecule has 1 aliphatic heterocycles. The Kier molecular flexibility index (Phi) is 3.89. The van der Waals surface area contributed by atoms with E-state index in [0.717, 1.165) is 24.5 Å². The molecule has 0 aliphatic carbocycles. The van der Waals surface area contributed by atoms with Gasteiger partial charge in [-0.3, -0.25) is 0 Å². The molecule has 0 saturated heterocycles. The van der Waals surface area contributed by atoms with Crippen LogP contribution in [0, 0.1) is 6.92 Å². The smallest absolute Gasteiger partial charge is 0.164 e. The number of benzene rings is 1. The van der Waals surface area contributed by atoms with Crippen LogP contribution in [0.5, 0.6) is 11.5 Å². The van der Waals surface area contributed by atoms with Gasteiger partial charge in [0.1, 0.15) is 13.2 Å². The monoisotopic (exact) mass is 235 g/mol. The summed E-state index contributed by atoms with van der Waals surface area (Å²) in [5.41, 5.74) is 2.48. The van der Waals surface area contributed by atoms with E-state index in [-0.39, 0.29) is 0 Å². The van der Waals surface area contributed by atoms with E-state index in [9.17, 15) is 0 Å². The summed E-state index contributed by atoms with van der Waals surface area (Å²) >= 11 is 0. The summed E-state index contributed by atoms with van der Waals surface area (Å²) in [7, 11) is 0. The van der Waals surface area contributed by atoms with E-state index in [1.54, 1.807) is 0 Å². The average Bonchev–Trinajstić information content (AvgIpc) is 2.38. The third-order valence-electron chi connectivity index (χ3n) is 3.32. The molecule has 1 aromatic rings. The van der Waals surface area contributed by atoms with E-state index in [0.29, 0.717) is 19.3 Å². The lowest BCUT2D eigenvalue weighted by Crippen LogP contribution is -2.25. The second-order valence-electron chi connectivity index (χ2n) is 4.56. The molecule has 1 aliphatic rings. The highest BCUT2D eigenvalue weighted by Crippen LogP contribution is 2.35. The summed E-state index contributed by atoms with van der Waals surface area (Å²) in [5.74, 6) is 1.79. The zero-order chi connectivity index (χ0) is 12.3. The van der Waals surface area contributed by atoms with E-state index >= 15 is 0 Å². The lowest BCUT2D eigenvalue weighted by atomic mass is 10.1. The van der Waals surface area contributed by atoms with E-state index in [1.807, 2.05) is 6.07 Å². The van der Waals surface area contributed by atoms with Crippen molar-refractivity contribution in [3.63, 3.8) is 0 Å². The Hall–Kier alpha value is -1.22. The first kappa shape index (κ1) is 12.2. The van der Waals surface area contributed by atoms with Gasteiger partial charge in [0.15, 0.2) is 11.5 Å². The fourth-order valence-electron chi connectivity index (χ4n) is 1.92. The van der Waals surface area contributed by atoms with Crippen LogP contribution in [0.25, 0.3) is 0 Å².